The van der Waals surface area contributed by atoms with E-state index in [4.69, 9.17) is 4.74 Å². The molecule has 2 aliphatic heterocycles. The quantitative estimate of drug-likeness (QED) is 0.840. The summed E-state index contributed by atoms with van der Waals surface area (Å²) in [6, 6.07) is 8.20. The molecule has 1 aromatic carbocycles. The van der Waals surface area contributed by atoms with Crippen LogP contribution in [0.4, 0.5) is 11.4 Å². The smallest absolute Gasteiger partial charge is 0.328 e. The van der Waals surface area contributed by atoms with Crippen LogP contribution in [-0.2, 0) is 9.53 Å². The lowest BCUT2D eigenvalue weighted by atomic mass is 10.1. The standard InChI is InChI=1S/C19H27N3O2/c1-14-11-18(19(23)24-14)20-16-3-2-4-17(12-16)22-9-7-21(8-10-22)13-15-5-6-15/h2-4,12,14-15,18,20H,5-11,13H2,1H3. The van der Waals surface area contributed by atoms with E-state index < -0.39 is 0 Å². The number of cyclic esters (lactones) is 1. The normalized spacial score (nSPS) is 28.0. The summed E-state index contributed by atoms with van der Waals surface area (Å²) in [5.41, 5.74) is 2.24. The van der Waals surface area contributed by atoms with Crippen LogP contribution in [0.3, 0.4) is 0 Å². The van der Waals surface area contributed by atoms with E-state index >= 15 is 0 Å². The Kier molecular flexibility index (Phi) is 4.35. The van der Waals surface area contributed by atoms with Gasteiger partial charge in [-0.3, -0.25) is 4.90 Å². The van der Waals surface area contributed by atoms with E-state index in [1.807, 2.05) is 13.0 Å². The van der Waals surface area contributed by atoms with Crippen molar-refractivity contribution in [3.05, 3.63) is 24.3 Å². The molecule has 5 heteroatoms. The second kappa shape index (κ2) is 6.63. The number of hydrogen-bond donors (Lipinski definition) is 1. The van der Waals surface area contributed by atoms with E-state index in [2.05, 4.69) is 33.3 Å². The zero-order valence-corrected chi connectivity index (χ0v) is 14.4. The molecule has 2 unspecified atom stereocenters. The molecule has 0 bridgehead atoms. The van der Waals surface area contributed by atoms with Crippen molar-refractivity contribution < 1.29 is 9.53 Å². The van der Waals surface area contributed by atoms with Gasteiger partial charge in [-0.1, -0.05) is 6.07 Å². The average molecular weight is 329 g/mol. The number of esters is 1. The molecule has 4 rings (SSSR count). The molecule has 3 aliphatic rings. The van der Waals surface area contributed by atoms with Crippen molar-refractivity contribution >= 4 is 17.3 Å². The Balaban J connectivity index is 1.35. The van der Waals surface area contributed by atoms with Gasteiger partial charge < -0.3 is 15.0 Å². The second-order valence-corrected chi connectivity index (χ2v) is 7.46. The Bertz CT molecular complexity index is 594. The van der Waals surface area contributed by atoms with E-state index in [1.54, 1.807) is 0 Å². The number of hydrogen-bond acceptors (Lipinski definition) is 5. The van der Waals surface area contributed by atoms with Crippen LogP contribution < -0.4 is 10.2 Å². The van der Waals surface area contributed by atoms with Crippen LogP contribution in [-0.4, -0.2) is 55.7 Å². The first-order valence-electron chi connectivity index (χ1n) is 9.22. The Morgan fingerprint density at radius 3 is 2.67 bits per heavy atom. The Labute approximate surface area is 144 Å². The van der Waals surface area contributed by atoms with E-state index in [-0.39, 0.29) is 18.1 Å². The van der Waals surface area contributed by atoms with Crippen LogP contribution in [0.1, 0.15) is 26.2 Å². The van der Waals surface area contributed by atoms with Gasteiger partial charge in [-0.2, -0.15) is 0 Å². The third-order valence-electron chi connectivity index (χ3n) is 5.31. The van der Waals surface area contributed by atoms with Crippen molar-refractivity contribution in [3.63, 3.8) is 0 Å². The molecule has 1 aliphatic carbocycles. The van der Waals surface area contributed by atoms with Crippen LogP contribution in [0.25, 0.3) is 0 Å². The van der Waals surface area contributed by atoms with Gasteiger partial charge in [0.05, 0.1) is 0 Å². The summed E-state index contributed by atoms with van der Waals surface area (Å²) in [6.45, 7) is 7.70. The van der Waals surface area contributed by atoms with Crippen LogP contribution in [0.15, 0.2) is 24.3 Å². The number of piperazine rings is 1. The summed E-state index contributed by atoms with van der Waals surface area (Å²) in [5.74, 6) is 0.833. The van der Waals surface area contributed by atoms with Crippen LogP contribution in [0.2, 0.25) is 0 Å². The molecule has 1 saturated carbocycles. The van der Waals surface area contributed by atoms with Crippen molar-refractivity contribution in [1.82, 2.24) is 4.90 Å². The van der Waals surface area contributed by atoms with Gasteiger partial charge in [-0.15, -0.1) is 0 Å². The first-order chi connectivity index (χ1) is 11.7. The SMILES string of the molecule is CC1CC(Nc2cccc(N3CCN(CC4CC4)CC3)c2)C(=O)O1. The maximum atomic E-state index is 11.8. The number of benzene rings is 1. The van der Waals surface area contributed by atoms with E-state index in [9.17, 15) is 4.79 Å². The summed E-state index contributed by atoms with van der Waals surface area (Å²) in [6.07, 6.45) is 3.60. The molecule has 3 fully saturated rings. The van der Waals surface area contributed by atoms with Crippen LogP contribution >= 0.6 is 0 Å². The van der Waals surface area contributed by atoms with Gasteiger partial charge >= 0.3 is 5.97 Å². The van der Waals surface area contributed by atoms with Crippen molar-refractivity contribution in [2.24, 2.45) is 5.92 Å². The molecule has 24 heavy (non-hydrogen) atoms. The lowest BCUT2D eigenvalue weighted by Crippen LogP contribution is -2.47. The summed E-state index contributed by atoms with van der Waals surface area (Å²) in [5, 5.41) is 3.33. The summed E-state index contributed by atoms with van der Waals surface area (Å²) < 4.78 is 5.22. The lowest BCUT2D eigenvalue weighted by Gasteiger charge is -2.36. The first kappa shape index (κ1) is 15.8. The molecule has 2 atom stereocenters. The molecule has 130 valence electrons. The van der Waals surface area contributed by atoms with Gasteiger partial charge in [0.1, 0.15) is 12.1 Å². The zero-order chi connectivity index (χ0) is 16.5. The maximum Gasteiger partial charge on any atom is 0.328 e. The molecule has 0 radical (unpaired) electrons. The third kappa shape index (κ3) is 3.66. The van der Waals surface area contributed by atoms with Crippen molar-refractivity contribution in [2.45, 2.75) is 38.3 Å². The van der Waals surface area contributed by atoms with Crippen molar-refractivity contribution in [2.75, 3.05) is 42.9 Å². The Hall–Kier alpha value is -1.75. The minimum atomic E-state index is -0.217. The molecule has 2 heterocycles. The van der Waals surface area contributed by atoms with Gasteiger partial charge in [0.15, 0.2) is 0 Å². The van der Waals surface area contributed by atoms with Crippen LogP contribution in [0.5, 0.6) is 0 Å². The minimum absolute atomic E-state index is 0.0118. The van der Waals surface area contributed by atoms with E-state index in [0.29, 0.717) is 0 Å². The minimum Gasteiger partial charge on any atom is -0.461 e. The fourth-order valence-electron chi connectivity index (χ4n) is 3.72. The topological polar surface area (TPSA) is 44.8 Å². The number of carbonyl (C=O) groups excluding carboxylic acids is 1. The predicted octanol–water partition coefficient (Wildman–Crippen LogP) is 2.33. The number of ether oxygens (including phenoxy) is 1. The molecule has 5 nitrogen and oxygen atoms in total. The van der Waals surface area contributed by atoms with Gasteiger partial charge in [-0.05, 0) is 43.9 Å². The van der Waals surface area contributed by atoms with Crippen LogP contribution in [0, 0.1) is 5.92 Å². The monoisotopic (exact) mass is 329 g/mol. The molecule has 1 N–H and O–H groups in total. The summed E-state index contributed by atoms with van der Waals surface area (Å²) in [7, 11) is 0. The fourth-order valence-corrected chi connectivity index (χ4v) is 3.72. The second-order valence-electron chi connectivity index (χ2n) is 7.46. The molecular formula is C19H27N3O2. The number of carbonyl (C=O) groups is 1. The van der Waals surface area contributed by atoms with Crippen molar-refractivity contribution in [3.8, 4) is 0 Å². The number of anilines is 2. The highest BCUT2D eigenvalue weighted by atomic mass is 16.6. The molecule has 1 aromatic rings. The van der Waals surface area contributed by atoms with E-state index in [0.717, 1.165) is 44.2 Å². The Morgan fingerprint density at radius 1 is 1.21 bits per heavy atom. The summed E-state index contributed by atoms with van der Waals surface area (Å²) in [4.78, 5) is 16.9. The number of rotatable bonds is 5. The fraction of sp³-hybridized carbons (Fsp3) is 0.632. The third-order valence-corrected chi connectivity index (χ3v) is 5.31. The highest BCUT2D eigenvalue weighted by Crippen LogP contribution is 2.30. The number of nitrogens with zero attached hydrogens (tertiary/aromatic N) is 2. The van der Waals surface area contributed by atoms with Gasteiger partial charge in [0.2, 0.25) is 0 Å². The van der Waals surface area contributed by atoms with E-state index in [1.165, 1.54) is 25.1 Å². The molecular weight excluding hydrogens is 302 g/mol. The Morgan fingerprint density at radius 2 is 2.00 bits per heavy atom. The van der Waals surface area contributed by atoms with Gasteiger partial charge in [-0.25, -0.2) is 4.79 Å². The largest absolute Gasteiger partial charge is 0.461 e. The first-order valence-corrected chi connectivity index (χ1v) is 9.22. The lowest BCUT2D eigenvalue weighted by molar-refractivity contribution is -0.141. The highest BCUT2D eigenvalue weighted by molar-refractivity contribution is 5.81. The summed E-state index contributed by atoms with van der Waals surface area (Å²) >= 11 is 0. The number of nitrogens with one attached hydrogen (secondary N) is 1. The van der Waals surface area contributed by atoms with Gasteiger partial charge in [0, 0.05) is 50.5 Å². The molecule has 2 saturated heterocycles. The molecule has 0 amide bonds. The predicted molar refractivity (Wildman–Crippen MR) is 95.4 cm³/mol. The van der Waals surface area contributed by atoms with Crippen molar-refractivity contribution in [1.29, 1.82) is 0 Å². The zero-order valence-electron chi connectivity index (χ0n) is 14.4. The van der Waals surface area contributed by atoms with Gasteiger partial charge in [0.25, 0.3) is 0 Å². The molecule has 0 spiro atoms. The molecule has 0 aromatic heterocycles. The highest BCUT2D eigenvalue weighted by Gasteiger charge is 2.31. The average Bonchev–Trinajstić information content (AvgIpc) is 3.33. The maximum absolute atomic E-state index is 11.8.